The first-order valence-electron chi connectivity index (χ1n) is 6.73. The van der Waals surface area contributed by atoms with Gasteiger partial charge in [-0.1, -0.05) is 29.3 Å². The summed E-state index contributed by atoms with van der Waals surface area (Å²) in [6.07, 6.45) is 3.05. The van der Waals surface area contributed by atoms with Crippen molar-refractivity contribution < 1.29 is 13.2 Å². The summed E-state index contributed by atoms with van der Waals surface area (Å²) in [4.78, 5) is 0.271. The number of halogens is 1. The topological polar surface area (TPSA) is 55.4 Å². The fraction of sp³-hybridized carbons (Fsp3) is 0.571. The lowest BCUT2D eigenvalue weighted by molar-refractivity contribution is 0.414. The van der Waals surface area contributed by atoms with Crippen molar-refractivity contribution in [3.63, 3.8) is 0 Å². The van der Waals surface area contributed by atoms with Gasteiger partial charge in [0.25, 0.3) is 0 Å². The maximum Gasteiger partial charge on any atom is 0.240 e. The van der Waals surface area contributed by atoms with E-state index in [-0.39, 0.29) is 4.90 Å². The van der Waals surface area contributed by atoms with Crippen LogP contribution in [0.1, 0.15) is 26.2 Å². The van der Waals surface area contributed by atoms with Crippen molar-refractivity contribution in [1.29, 1.82) is 0 Å². The van der Waals surface area contributed by atoms with Gasteiger partial charge >= 0.3 is 0 Å². The van der Waals surface area contributed by atoms with Gasteiger partial charge in [0.1, 0.15) is 5.75 Å². The Morgan fingerprint density at radius 3 is 2.40 bits per heavy atom. The molecule has 0 aliphatic carbocycles. The van der Waals surface area contributed by atoms with E-state index >= 15 is 0 Å². The molecule has 0 saturated carbocycles. The largest absolute Gasteiger partial charge is 0.497 e. The molecule has 1 N–H and O–H groups in total. The van der Waals surface area contributed by atoms with Crippen LogP contribution in [0.4, 0.5) is 0 Å². The van der Waals surface area contributed by atoms with Gasteiger partial charge in [-0.05, 0) is 43.0 Å². The molecule has 1 unspecified atom stereocenters. The summed E-state index contributed by atoms with van der Waals surface area (Å²) >= 11 is 3.41. The van der Waals surface area contributed by atoms with Crippen LogP contribution in [-0.4, -0.2) is 27.4 Å². The molecule has 0 aliphatic heterocycles. The molecule has 0 bridgehead atoms. The molecule has 1 aromatic carbocycles. The van der Waals surface area contributed by atoms with Crippen molar-refractivity contribution in [3.8, 4) is 5.75 Å². The Hall–Kier alpha value is -0.590. The van der Waals surface area contributed by atoms with Crippen LogP contribution in [0.3, 0.4) is 0 Å². The van der Waals surface area contributed by atoms with Gasteiger partial charge in [0, 0.05) is 11.9 Å². The molecule has 0 spiro atoms. The number of hydrogen-bond acceptors (Lipinski definition) is 3. The van der Waals surface area contributed by atoms with E-state index in [2.05, 4.69) is 27.6 Å². The average molecular weight is 364 g/mol. The number of sulfonamides is 1. The molecule has 0 fully saturated rings. The maximum absolute atomic E-state index is 12.2. The minimum absolute atomic E-state index is 0.271. The Morgan fingerprint density at radius 2 is 1.90 bits per heavy atom. The van der Waals surface area contributed by atoms with Crippen LogP contribution >= 0.6 is 15.9 Å². The first kappa shape index (κ1) is 17.5. The van der Waals surface area contributed by atoms with E-state index in [1.807, 2.05) is 0 Å². The molecular formula is C14H22BrNO3S. The van der Waals surface area contributed by atoms with E-state index in [9.17, 15) is 8.42 Å². The first-order chi connectivity index (χ1) is 9.53. The fourth-order valence-corrected chi connectivity index (χ4v) is 3.74. The summed E-state index contributed by atoms with van der Waals surface area (Å²) in [5, 5.41) is 0.891. The monoisotopic (exact) mass is 363 g/mol. The Morgan fingerprint density at radius 1 is 1.25 bits per heavy atom. The van der Waals surface area contributed by atoms with Crippen molar-refractivity contribution in [2.75, 3.05) is 19.0 Å². The highest BCUT2D eigenvalue weighted by Crippen LogP contribution is 2.17. The second kappa shape index (κ2) is 8.64. The van der Waals surface area contributed by atoms with E-state index in [4.69, 9.17) is 4.74 Å². The maximum atomic E-state index is 12.2. The van der Waals surface area contributed by atoms with Crippen molar-refractivity contribution in [2.24, 2.45) is 5.92 Å². The Bertz CT molecular complexity index is 482. The Balaban J connectivity index is 2.68. The van der Waals surface area contributed by atoms with Gasteiger partial charge < -0.3 is 4.74 Å². The number of nitrogens with one attached hydrogen (secondary N) is 1. The lowest BCUT2D eigenvalue weighted by Crippen LogP contribution is -2.29. The predicted molar refractivity (Wildman–Crippen MR) is 85.0 cm³/mol. The van der Waals surface area contributed by atoms with Gasteiger partial charge in [-0.3, -0.25) is 0 Å². The summed E-state index contributed by atoms with van der Waals surface area (Å²) in [5.41, 5.74) is 0. The summed E-state index contributed by atoms with van der Waals surface area (Å²) in [7, 11) is -1.88. The molecule has 20 heavy (non-hydrogen) atoms. The smallest absolute Gasteiger partial charge is 0.240 e. The van der Waals surface area contributed by atoms with Crippen LogP contribution in [0, 0.1) is 5.92 Å². The molecule has 1 atom stereocenters. The number of hydrogen-bond donors (Lipinski definition) is 1. The van der Waals surface area contributed by atoms with E-state index in [1.165, 1.54) is 0 Å². The molecule has 6 heteroatoms. The van der Waals surface area contributed by atoms with Crippen LogP contribution in [0.15, 0.2) is 29.2 Å². The van der Waals surface area contributed by atoms with Crippen LogP contribution in [0.5, 0.6) is 5.75 Å². The lowest BCUT2D eigenvalue weighted by Gasteiger charge is -2.16. The number of rotatable bonds is 9. The van der Waals surface area contributed by atoms with Gasteiger partial charge in [-0.2, -0.15) is 0 Å². The molecule has 114 valence electrons. The third kappa shape index (κ3) is 5.42. The summed E-state index contributed by atoms with van der Waals surface area (Å²) in [5.74, 6) is 1.01. The Kier molecular flexibility index (Phi) is 7.55. The molecule has 1 aromatic rings. The minimum Gasteiger partial charge on any atom is -0.497 e. The normalized spacial score (nSPS) is 13.2. The molecule has 0 aromatic heterocycles. The molecular weight excluding hydrogens is 342 g/mol. The van der Waals surface area contributed by atoms with Gasteiger partial charge in [-0.15, -0.1) is 0 Å². The second-order valence-corrected chi connectivity index (χ2v) is 7.22. The molecule has 0 amide bonds. The molecule has 4 nitrogen and oxygen atoms in total. The lowest BCUT2D eigenvalue weighted by atomic mass is 10.0. The third-order valence-corrected chi connectivity index (χ3v) is 5.04. The van der Waals surface area contributed by atoms with E-state index in [0.717, 1.165) is 24.6 Å². The van der Waals surface area contributed by atoms with Crippen LogP contribution in [-0.2, 0) is 10.0 Å². The molecule has 0 aliphatic rings. The fourth-order valence-electron chi connectivity index (χ4n) is 1.98. The summed E-state index contributed by atoms with van der Waals surface area (Å²) in [6.45, 7) is 2.59. The Labute approximate surface area is 130 Å². The van der Waals surface area contributed by atoms with Gasteiger partial charge in [-0.25, -0.2) is 13.1 Å². The van der Waals surface area contributed by atoms with Gasteiger partial charge in [0.05, 0.1) is 12.0 Å². The van der Waals surface area contributed by atoms with Crippen LogP contribution in [0.25, 0.3) is 0 Å². The van der Waals surface area contributed by atoms with Crippen molar-refractivity contribution in [2.45, 2.75) is 31.1 Å². The standard InChI is InChI=1S/C14H22BrNO3S/c1-3-4-12(9-10-15)11-16-20(17,18)14-7-5-13(19-2)6-8-14/h5-8,12,16H,3-4,9-11H2,1-2H3. The van der Waals surface area contributed by atoms with E-state index in [1.54, 1.807) is 31.4 Å². The number of ether oxygens (including phenoxy) is 1. The summed E-state index contributed by atoms with van der Waals surface area (Å²) < 4.78 is 32.1. The molecule has 0 saturated heterocycles. The third-order valence-electron chi connectivity index (χ3n) is 3.15. The number of alkyl halides is 1. The summed E-state index contributed by atoms with van der Waals surface area (Å²) in [6, 6.07) is 6.41. The van der Waals surface area contributed by atoms with Crippen LogP contribution < -0.4 is 9.46 Å². The number of methoxy groups -OCH3 is 1. The zero-order chi connectivity index (χ0) is 15.0. The van der Waals surface area contributed by atoms with Gasteiger partial charge in [0.15, 0.2) is 0 Å². The molecule has 1 rings (SSSR count). The van der Waals surface area contributed by atoms with E-state index < -0.39 is 10.0 Å². The SMILES string of the molecule is CCCC(CCBr)CNS(=O)(=O)c1ccc(OC)cc1. The van der Waals surface area contributed by atoms with Crippen molar-refractivity contribution in [3.05, 3.63) is 24.3 Å². The molecule has 0 radical (unpaired) electrons. The quantitative estimate of drug-likeness (QED) is 0.685. The second-order valence-electron chi connectivity index (χ2n) is 4.66. The zero-order valence-corrected chi connectivity index (χ0v) is 14.3. The van der Waals surface area contributed by atoms with Crippen LogP contribution in [0.2, 0.25) is 0 Å². The minimum atomic E-state index is -3.44. The highest BCUT2D eigenvalue weighted by atomic mass is 79.9. The average Bonchev–Trinajstić information content (AvgIpc) is 2.45. The molecule has 0 heterocycles. The highest BCUT2D eigenvalue weighted by molar-refractivity contribution is 9.09. The number of benzene rings is 1. The van der Waals surface area contributed by atoms with Crippen molar-refractivity contribution in [1.82, 2.24) is 4.72 Å². The van der Waals surface area contributed by atoms with Crippen molar-refractivity contribution >= 4 is 26.0 Å². The highest BCUT2D eigenvalue weighted by Gasteiger charge is 2.16. The zero-order valence-electron chi connectivity index (χ0n) is 11.9. The van der Waals surface area contributed by atoms with Gasteiger partial charge in [0.2, 0.25) is 10.0 Å². The first-order valence-corrected chi connectivity index (χ1v) is 9.33. The predicted octanol–water partition coefficient (Wildman–Crippen LogP) is 3.17. The van der Waals surface area contributed by atoms with E-state index in [0.29, 0.717) is 18.2 Å².